The summed E-state index contributed by atoms with van der Waals surface area (Å²) in [6, 6.07) is 1.96. The Labute approximate surface area is 139 Å². The third-order valence-electron chi connectivity index (χ3n) is 3.70. The summed E-state index contributed by atoms with van der Waals surface area (Å²) in [5.41, 5.74) is 1.89. The van der Waals surface area contributed by atoms with E-state index in [0.717, 1.165) is 11.4 Å². The first-order valence-electron chi connectivity index (χ1n) is 7.69. The van der Waals surface area contributed by atoms with Gasteiger partial charge in [0.05, 0.1) is 18.0 Å². The molecule has 0 radical (unpaired) electrons. The molecule has 2 aromatic rings. The zero-order valence-corrected chi connectivity index (χ0v) is 14.6. The van der Waals surface area contributed by atoms with Gasteiger partial charge in [-0.05, 0) is 33.8 Å². The fourth-order valence-corrected chi connectivity index (χ4v) is 3.53. The molecule has 1 amide bonds. The Kier molecular flexibility index (Phi) is 4.54. The zero-order chi connectivity index (χ0) is 16.6. The van der Waals surface area contributed by atoms with Gasteiger partial charge in [0.15, 0.2) is 0 Å². The van der Waals surface area contributed by atoms with Gasteiger partial charge in [-0.25, -0.2) is 9.50 Å². The van der Waals surface area contributed by atoms with Crippen molar-refractivity contribution in [1.29, 1.82) is 0 Å². The first kappa shape index (κ1) is 16.2. The number of hydrogen-bond donors (Lipinski definition) is 0. The molecule has 7 nitrogen and oxygen atoms in total. The predicted molar refractivity (Wildman–Crippen MR) is 87.6 cm³/mol. The molecule has 0 aromatic carbocycles. The second-order valence-corrected chi connectivity index (χ2v) is 6.93. The SMILES string of the molecule is Cc1cc(C)n2nc(SCC(=O)N3C[C@H](C)O[C@@H](C)C3)nc2n1. The van der Waals surface area contributed by atoms with Crippen molar-refractivity contribution in [1.82, 2.24) is 24.5 Å². The molecular formula is C15H21N5O2S. The molecule has 8 heteroatoms. The van der Waals surface area contributed by atoms with Gasteiger partial charge in [0.2, 0.25) is 11.1 Å². The van der Waals surface area contributed by atoms with Crippen LogP contribution in [0.25, 0.3) is 5.78 Å². The molecule has 0 saturated carbocycles. The number of hydrogen-bond acceptors (Lipinski definition) is 6. The third kappa shape index (κ3) is 3.64. The van der Waals surface area contributed by atoms with Gasteiger partial charge in [-0.3, -0.25) is 4.79 Å². The number of fused-ring (bicyclic) bond motifs is 1. The first-order chi connectivity index (χ1) is 10.9. The summed E-state index contributed by atoms with van der Waals surface area (Å²) >= 11 is 1.35. The van der Waals surface area contributed by atoms with E-state index < -0.39 is 0 Å². The molecule has 23 heavy (non-hydrogen) atoms. The molecule has 1 aliphatic heterocycles. The highest BCUT2D eigenvalue weighted by atomic mass is 32.2. The van der Waals surface area contributed by atoms with Crippen molar-refractivity contribution in [3.05, 3.63) is 17.5 Å². The van der Waals surface area contributed by atoms with Gasteiger partial charge in [-0.1, -0.05) is 11.8 Å². The topological polar surface area (TPSA) is 72.6 Å². The number of aromatic nitrogens is 4. The van der Waals surface area contributed by atoms with Gasteiger partial charge in [-0.15, -0.1) is 5.10 Å². The van der Waals surface area contributed by atoms with Crippen LogP contribution in [-0.4, -0.2) is 61.4 Å². The minimum atomic E-state index is 0.0795. The summed E-state index contributed by atoms with van der Waals surface area (Å²) in [5, 5.41) is 4.99. The van der Waals surface area contributed by atoms with Crippen LogP contribution < -0.4 is 0 Å². The van der Waals surface area contributed by atoms with Gasteiger partial charge in [0.25, 0.3) is 5.78 Å². The van der Waals surface area contributed by atoms with E-state index in [1.54, 1.807) is 4.52 Å². The van der Waals surface area contributed by atoms with E-state index in [-0.39, 0.29) is 18.1 Å². The highest BCUT2D eigenvalue weighted by molar-refractivity contribution is 7.99. The van der Waals surface area contributed by atoms with E-state index in [9.17, 15) is 4.79 Å². The fourth-order valence-electron chi connectivity index (χ4n) is 2.81. The van der Waals surface area contributed by atoms with Gasteiger partial charge < -0.3 is 9.64 Å². The lowest BCUT2D eigenvalue weighted by atomic mass is 10.2. The first-order valence-corrected chi connectivity index (χ1v) is 8.68. The van der Waals surface area contributed by atoms with Gasteiger partial charge in [-0.2, -0.15) is 4.98 Å². The number of carbonyl (C=O) groups is 1. The highest BCUT2D eigenvalue weighted by Crippen LogP contribution is 2.18. The second-order valence-electron chi connectivity index (χ2n) is 5.99. The largest absolute Gasteiger partial charge is 0.372 e. The van der Waals surface area contributed by atoms with Crippen LogP contribution in [0, 0.1) is 13.8 Å². The predicted octanol–water partition coefficient (Wildman–Crippen LogP) is 1.47. The molecule has 0 N–H and O–H groups in total. The molecule has 1 saturated heterocycles. The maximum Gasteiger partial charge on any atom is 0.253 e. The smallest absolute Gasteiger partial charge is 0.253 e. The second kappa shape index (κ2) is 6.45. The highest BCUT2D eigenvalue weighted by Gasteiger charge is 2.26. The van der Waals surface area contributed by atoms with Crippen LogP contribution >= 0.6 is 11.8 Å². The van der Waals surface area contributed by atoms with Crippen LogP contribution in [-0.2, 0) is 9.53 Å². The summed E-state index contributed by atoms with van der Waals surface area (Å²) < 4.78 is 7.36. The Morgan fingerprint density at radius 1 is 1.30 bits per heavy atom. The van der Waals surface area contributed by atoms with E-state index in [1.165, 1.54) is 11.8 Å². The van der Waals surface area contributed by atoms with Crippen molar-refractivity contribution in [2.75, 3.05) is 18.8 Å². The summed E-state index contributed by atoms with van der Waals surface area (Å²) in [5.74, 6) is 0.997. The molecule has 0 unspecified atom stereocenters. The van der Waals surface area contributed by atoms with Crippen molar-refractivity contribution >= 4 is 23.4 Å². The van der Waals surface area contributed by atoms with Crippen LogP contribution in [0.4, 0.5) is 0 Å². The van der Waals surface area contributed by atoms with Crippen molar-refractivity contribution in [2.45, 2.75) is 45.1 Å². The number of nitrogens with zero attached hydrogens (tertiary/aromatic N) is 5. The lowest BCUT2D eigenvalue weighted by molar-refractivity contribution is -0.140. The van der Waals surface area contributed by atoms with Crippen LogP contribution in [0.2, 0.25) is 0 Å². The summed E-state index contributed by atoms with van der Waals surface area (Å²) in [6.45, 7) is 9.16. The Morgan fingerprint density at radius 2 is 2.00 bits per heavy atom. The number of aryl methyl sites for hydroxylation is 2. The molecule has 1 aliphatic rings. The number of ether oxygens (including phenoxy) is 1. The average molecular weight is 335 g/mol. The maximum atomic E-state index is 12.4. The molecule has 3 heterocycles. The van der Waals surface area contributed by atoms with Crippen LogP contribution in [0.15, 0.2) is 11.2 Å². The number of thioether (sulfide) groups is 1. The summed E-state index contributed by atoms with van der Waals surface area (Å²) in [7, 11) is 0. The number of amides is 1. The van der Waals surface area contributed by atoms with Crippen LogP contribution in [0.3, 0.4) is 0 Å². The summed E-state index contributed by atoms with van der Waals surface area (Å²) in [6.07, 6.45) is 0.159. The minimum Gasteiger partial charge on any atom is -0.372 e. The van der Waals surface area contributed by atoms with Crippen LogP contribution in [0.1, 0.15) is 25.2 Å². The Balaban J connectivity index is 1.66. The van der Waals surface area contributed by atoms with E-state index in [4.69, 9.17) is 4.74 Å². The van der Waals surface area contributed by atoms with Crippen LogP contribution in [0.5, 0.6) is 0 Å². The van der Waals surface area contributed by atoms with Crippen molar-refractivity contribution in [2.24, 2.45) is 0 Å². The fraction of sp³-hybridized carbons (Fsp3) is 0.600. The lowest BCUT2D eigenvalue weighted by Crippen LogP contribution is -2.48. The third-order valence-corrected chi connectivity index (χ3v) is 4.52. The van der Waals surface area contributed by atoms with Gasteiger partial charge >= 0.3 is 0 Å². The molecular weight excluding hydrogens is 314 g/mol. The lowest BCUT2D eigenvalue weighted by Gasteiger charge is -2.35. The minimum absolute atomic E-state index is 0.0795. The molecule has 0 bridgehead atoms. The Hall–Kier alpha value is -1.67. The van der Waals surface area contributed by atoms with Gasteiger partial charge in [0, 0.05) is 24.5 Å². The monoisotopic (exact) mass is 335 g/mol. The molecule has 1 fully saturated rings. The van der Waals surface area contributed by atoms with E-state index >= 15 is 0 Å². The van der Waals surface area contributed by atoms with Crippen molar-refractivity contribution < 1.29 is 9.53 Å². The van der Waals surface area contributed by atoms with Gasteiger partial charge in [0.1, 0.15) is 0 Å². The molecule has 3 rings (SSSR count). The number of rotatable bonds is 3. The Bertz CT molecular complexity index is 722. The molecule has 2 aromatic heterocycles. The molecule has 0 aliphatic carbocycles. The maximum absolute atomic E-state index is 12.4. The van der Waals surface area contributed by atoms with E-state index in [1.807, 2.05) is 38.7 Å². The number of morpholine rings is 1. The average Bonchev–Trinajstić information content (AvgIpc) is 2.87. The Morgan fingerprint density at radius 3 is 2.70 bits per heavy atom. The molecule has 0 spiro atoms. The number of carbonyl (C=O) groups excluding carboxylic acids is 1. The normalized spacial score (nSPS) is 21.8. The van der Waals surface area contributed by atoms with E-state index in [2.05, 4.69) is 15.1 Å². The van der Waals surface area contributed by atoms with Crippen molar-refractivity contribution in [3.63, 3.8) is 0 Å². The van der Waals surface area contributed by atoms with Crippen molar-refractivity contribution in [3.8, 4) is 0 Å². The zero-order valence-electron chi connectivity index (χ0n) is 13.8. The molecule has 124 valence electrons. The van der Waals surface area contributed by atoms with E-state index in [0.29, 0.717) is 29.8 Å². The standard InChI is InChI=1S/C15H21N5O2S/c1-9-5-10(2)20-14(16-9)17-15(18-20)23-8-13(21)19-6-11(3)22-12(4)7-19/h5,11-12H,6-8H2,1-4H3/t11-,12-/m0/s1. The molecule has 2 atom stereocenters. The summed E-state index contributed by atoms with van der Waals surface area (Å²) in [4.78, 5) is 23.0. The quantitative estimate of drug-likeness (QED) is 0.791.